The highest BCUT2D eigenvalue weighted by Crippen LogP contribution is 2.26. The summed E-state index contributed by atoms with van der Waals surface area (Å²) in [6.07, 6.45) is 0. The second kappa shape index (κ2) is 7.19. The summed E-state index contributed by atoms with van der Waals surface area (Å²) in [7, 11) is 3.29. The third kappa shape index (κ3) is 3.84. The topological polar surface area (TPSA) is 57.4 Å². The van der Waals surface area contributed by atoms with Crippen LogP contribution in [0.3, 0.4) is 0 Å². The Labute approximate surface area is 138 Å². The summed E-state index contributed by atoms with van der Waals surface area (Å²) in [5.41, 5.74) is 0.874. The zero-order chi connectivity index (χ0) is 16.1. The van der Waals surface area contributed by atoms with Crippen LogP contribution < -0.4 is 9.47 Å². The van der Waals surface area contributed by atoms with E-state index in [2.05, 4.69) is 10.2 Å². The minimum absolute atomic E-state index is 0.512. The van der Waals surface area contributed by atoms with Crippen molar-refractivity contribution >= 4 is 11.8 Å². The Bertz CT molecular complexity index is 754. The van der Waals surface area contributed by atoms with Gasteiger partial charge in [0.25, 0.3) is 0 Å². The highest BCUT2D eigenvalue weighted by Gasteiger charge is 2.09. The van der Waals surface area contributed by atoms with Gasteiger partial charge in [-0.15, -0.1) is 22.0 Å². The quantitative estimate of drug-likeness (QED) is 0.636. The molecular formula is C17H16N2O3S. The maximum atomic E-state index is 5.70. The molecule has 0 saturated carbocycles. The Morgan fingerprint density at radius 1 is 0.870 bits per heavy atom. The average molecular weight is 328 g/mol. The first-order valence-electron chi connectivity index (χ1n) is 7.02. The van der Waals surface area contributed by atoms with E-state index in [0.717, 1.165) is 22.0 Å². The van der Waals surface area contributed by atoms with Crippen LogP contribution in [0.5, 0.6) is 11.5 Å². The summed E-state index contributed by atoms with van der Waals surface area (Å²) in [5, 5.41) is 8.18. The number of benzene rings is 2. The molecule has 0 unspecified atom stereocenters. The van der Waals surface area contributed by atoms with Crippen molar-refractivity contribution in [3.05, 3.63) is 54.4 Å². The number of nitrogens with zero attached hydrogens (tertiary/aromatic N) is 2. The van der Waals surface area contributed by atoms with Crippen LogP contribution in [0.25, 0.3) is 11.5 Å². The molecule has 1 aromatic heterocycles. The standard InChI is InChI=1S/C17H16N2O3S/c1-20-13-5-3-12(4-6-13)17-19-18-16(22-17)11-23-15-9-7-14(21-2)8-10-15/h3-10H,11H2,1-2H3. The van der Waals surface area contributed by atoms with E-state index < -0.39 is 0 Å². The molecule has 0 saturated heterocycles. The number of thioether (sulfide) groups is 1. The molecule has 1 heterocycles. The van der Waals surface area contributed by atoms with Crippen molar-refractivity contribution in [2.75, 3.05) is 14.2 Å². The molecule has 0 spiro atoms. The van der Waals surface area contributed by atoms with Crippen molar-refractivity contribution in [3.63, 3.8) is 0 Å². The summed E-state index contributed by atoms with van der Waals surface area (Å²) in [4.78, 5) is 1.12. The molecule has 2 aromatic carbocycles. The fourth-order valence-corrected chi connectivity index (χ4v) is 2.71. The van der Waals surface area contributed by atoms with E-state index in [0.29, 0.717) is 17.5 Å². The molecule has 0 atom stereocenters. The first-order valence-corrected chi connectivity index (χ1v) is 8.00. The molecule has 0 aliphatic heterocycles. The largest absolute Gasteiger partial charge is 0.497 e. The number of hydrogen-bond acceptors (Lipinski definition) is 6. The number of hydrogen-bond donors (Lipinski definition) is 0. The molecule has 6 heteroatoms. The second-order valence-electron chi connectivity index (χ2n) is 4.69. The summed E-state index contributed by atoms with van der Waals surface area (Å²) in [5.74, 6) is 3.36. The van der Waals surface area contributed by atoms with Crippen LogP contribution in [-0.4, -0.2) is 24.4 Å². The van der Waals surface area contributed by atoms with E-state index in [4.69, 9.17) is 13.9 Å². The van der Waals surface area contributed by atoms with Gasteiger partial charge in [-0.05, 0) is 48.5 Å². The third-order valence-corrected chi connectivity index (χ3v) is 4.22. The number of rotatable bonds is 6. The van der Waals surface area contributed by atoms with Crippen molar-refractivity contribution in [1.29, 1.82) is 0 Å². The average Bonchev–Trinajstić information content (AvgIpc) is 3.09. The van der Waals surface area contributed by atoms with E-state index in [-0.39, 0.29) is 0 Å². The van der Waals surface area contributed by atoms with Gasteiger partial charge in [0.15, 0.2) is 0 Å². The van der Waals surface area contributed by atoms with Crippen LogP contribution in [0.2, 0.25) is 0 Å². The Hall–Kier alpha value is -2.47. The van der Waals surface area contributed by atoms with E-state index >= 15 is 0 Å². The molecule has 0 radical (unpaired) electrons. The molecular weight excluding hydrogens is 312 g/mol. The van der Waals surface area contributed by atoms with Crippen LogP contribution in [0, 0.1) is 0 Å². The second-order valence-corrected chi connectivity index (χ2v) is 5.74. The number of aromatic nitrogens is 2. The minimum atomic E-state index is 0.512. The zero-order valence-corrected chi connectivity index (χ0v) is 13.7. The number of methoxy groups -OCH3 is 2. The molecule has 23 heavy (non-hydrogen) atoms. The molecule has 0 amide bonds. The maximum absolute atomic E-state index is 5.70. The van der Waals surface area contributed by atoms with Gasteiger partial charge in [0.05, 0.1) is 20.0 Å². The molecule has 0 aliphatic rings. The van der Waals surface area contributed by atoms with Crippen molar-refractivity contribution in [3.8, 4) is 23.0 Å². The molecule has 0 aliphatic carbocycles. The van der Waals surface area contributed by atoms with Gasteiger partial charge in [-0.1, -0.05) is 0 Å². The molecule has 0 bridgehead atoms. The van der Waals surface area contributed by atoms with Crippen LogP contribution in [0.4, 0.5) is 0 Å². The van der Waals surface area contributed by atoms with Gasteiger partial charge in [-0.2, -0.15) is 0 Å². The van der Waals surface area contributed by atoms with Crippen LogP contribution in [-0.2, 0) is 5.75 Å². The number of ether oxygens (including phenoxy) is 2. The maximum Gasteiger partial charge on any atom is 0.247 e. The molecule has 0 N–H and O–H groups in total. The van der Waals surface area contributed by atoms with Gasteiger partial charge in [0.2, 0.25) is 11.8 Å². The van der Waals surface area contributed by atoms with E-state index in [1.807, 2.05) is 48.5 Å². The summed E-state index contributed by atoms with van der Waals surface area (Å²) in [6, 6.07) is 15.4. The fraction of sp³-hybridized carbons (Fsp3) is 0.176. The van der Waals surface area contributed by atoms with Gasteiger partial charge in [0, 0.05) is 10.5 Å². The normalized spacial score (nSPS) is 10.5. The monoisotopic (exact) mass is 328 g/mol. The van der Waals surface area contributed by atoms with Gasteiger partial charge < -0.3 is 13.9 Å². The van der Waals surface area contributed by atoms with Crippen molar-refractivity contribution < 1.29 is 13.9 Å². The minimum Gasteiger partial charge on any atom is -0.497 e. The lowest BCUT2D eigenvalue weighted by molar-refractivity contribution is 0.414. The van der Waals surface area contributed by atoms with E-state index in [1.165, 1.54) is 0 Å². The highest BCUT2D eigenvalue weighted by atomic mass is 32.2. The predicted octanol–water partition coefficient (Wildman–Crippen LogP) is 4.05. The Morgan fingerprint density at radius 2 is 1.48 bits per heavy atom. The van der Waals surface area contributed by atoms with Gasteiger partial charge >= 0.3 is 0 Å². The van der Waals surface area contributed by atoms with Crippen molar-refractivity contribution in [2.24, 2.45) is 0 Å². The Kier molecular flexibility index (Phi) is 4.83. The van der Waals surface area contributed by atoms with Crippen molar-refractivity contribution in [2.45, 2.75) is 10.6 Å². The smallest absolute Gasteiger partial charge is 0.247 e. The van der Waals surface area contributed by atoms with Gasteiger partial charge in [-0.25, -0.2) is 0 Å². The lowest BCUT2D eigenvalue weighted by atomic mass is 10.2. The lowest BCUT2D eigenvalue weighted by Gasteiger charge is -2.01. The van der Waals surface area contributed by atoms with Crippen molar-refractivity contribution in [1.82, 2.24) is 10.2 Å². The zero-order valence-electron chi connectivity index (χ0n) is 12.9. The third-order valence-electron chi connectivity index (χ3n) is 3.23. The lowest BCUT2D eigenvalue weighted by Crippen LogP contribution is -1.83. The molecule has 3 rings (SSSR count). The van der Waals surface area contributed by atoms with E-state index in [9.17, 15) is 0 Å². The Morgan fingerprint density at radius 3 is 2.09 bits per heavy atom. The van der Waals surface area contributed by atoms with Crippen LogP contribution >= 0.6 is 11.8 Å². The first-order chi connectivity index (χ1) is 11.3. The van der Waals surface area contributed by atoms with Gasteiger partial charge in [-0.3, -0.25) is 0 Å². The Balaban J connectivity index is 1.64. The van der Waals surface area contributed by atoms with Crippen LogP contribution in [0.15, 0.2) is 57.8 Å². The summed E-state index contributed by atoms with van der Waals surface area (Å²) < 4.78 is 16.0. The van der Waals surface area contributed by atoms with E-state index in [1.54, 1.807) is 26.0 Å². The van der Waals surface area contributed by atoms with Gasteiger partial charge in [0.1, 0.15) is 11.5 Å². The summed E-state index contributed by atoms with van der Waals surface area (Å²) in [6.45, 7) is 0. The molecule has 0 fully saturated rings. The molecule has 3 aromatic rings. The van der Waals surface area contributed by atoms with Crippen LogP contribution in [0.1, 0.15) is 5.89 Å². The fourth-order valence-electron chi connectivity index (χ4n) is 1.98. The SMILES string of the molecule is COc1ccc(SCc2nnc(-c3ccc(OC)cc3)o2)cc1. The molecule has 5 nitrogen and oxygen atoms in total. The highest BCUT2D eigenvalue weighted by molar-refractivity contribution is 7.98. The summed E-state index contributed by atoms with van der Waals surface area (Å²) >= 11 is 1.64. The first kappa shape index (κ1) is 15.4. The molecule has 118 valence electrons. The predicted molar refractivity (Wildman–Crippen MR) is 88.8 cm³/mol.